The van der Waals surface area contributed by atoms with E-state index in [1.54, 1.807) is 0 Å². The highest BCUT2D eigenvalue weighted by atomic mass is 35.5. The Morgan fingerprint density at radius 2 is 1.82 bits per heavy atom. The molecule has 0 aliphatic carbocycles. The molecule has 0 aliphatic rings. The number of hydrogen-bond acceptors (Lipinski definition) is 1. The van der Waals surface area contributed by atoms with Crippen molar-refractivity contribution in [3.8, 4) is 12.3 Å². The van der Waals surface area contributed by atoms with Crippen molar-refractivity contribution in [3.05, 3.63) is 35.9 Å². The van der Waals surface area contributed by atoms with Gasteiger partial charge in [-0.2, -0.15) is 0 Å². The van der Waals surface area contributed by atoms with Gasteiger partial charge in [0, 0.05) is 24.7 Å². The Morgan fingerprint density at radius 1 is 1.27 bits per heavy atom. The van der Waals surface area contributed by atoms with Gasteiger partial charge >= 0.3 is 6.03 Å². The molecule has 0 aliphatic heterocycles. The fraction of sp³-hybridized carbons (Fsp3) is 0.471. The molecular weight excluding hydrogens is 319 g/mol. The van der Waals surface area contributed by atoms with E-state index in [1.165, 1.54) is 0 Å². The molecule has 1 aromatic carbocycles. The number of amides is 2. The van der Waals surface area contributed by atoms with Crippen LogP contribution in [0.3, 0.4) is 0 Å². The third-order valence-corrected chi connectivity index (χ3v) is 2.40. The van der Waals surface area contributed by atoms with Crippen molar-refractivity contribution < 1.29 is 4.79 Å². The highest BCUT2D eigenvalue weighted by molar-refractivity contribution is 6.18. The molecule has 3 nitrogen and oxygen atoms in total. The van der Waals surface area contributed by atoms with Gasteiger partial charge < -0.3 is 10.6 Å². The zero-order chi connectivity index (χ0) is 17.2. The summed E-state index contributed by atoms with van der Waals surface area (Å²) in [4.78, 5) is 11.5. The quantitative estimate of drug-likeness (QED) is 0.596. The monoisotopic (exact) mass is 344 g/mol. The summed E-state index contributed by atoms with van der Waals surface area (Å²) in [6.45, 7) is 6.33. The van der Waals surface area contributed by atoms with Crippen LogP contribution in [0.1, 0.15) is 38.8 Å². The molecule has 0 radical (unpaired) electrons. The van der Waals surface area contributed by atoms with Gasteiger partial charge in [0.05, 0.1) is 6.04 Å². The number of benzene rings is 1. The number of rotatable bonds is 5. The lowest BCUT2D eigenvalue weighted by atomic mass is 10.0. The summed E-state index contributed by atoms with van der Waals surface area (Å²) in [7, 11) is 0. The summed E-state index contributed by atoms with van der Waals surface area (Å²) >= 11 is 10.5. The van der Waals surface area contributed by atoms with E-state index in [1.807, 2.05) is 51.1 Å². The number of hydrogen-bond donors (Lipinski definition) is 2. The van der Waals surface area contributed by atoms with Crippen LogP contribution in [0, 0.1) is 12.3 Å². The highest BCUT2D eigenvalue weighted by Gasteiger charge is 2.12. The van der Waals surface area contributed by atoms with Crippen molar-refractivity contribution in [2.24, 2.45) is 0 Å². The predicted molar refractivity (Wildman–Crippen MR) is 97.6 cm³/mol. The van der Waals surface area contributed by atoms with Crippen molar-refractivity contribution in [3.63, 3.8) is 0 Å². The second-order valence-corrected chi connectivity index (χ2v) is 4.64. The third-order valence-electron chi connectivity index (χ3n) is 2.21. The van der Waals surface area contributed by atoms with Crippen LogP contribution in [0.15, 0.2) is 30.3 Å². The minimum atomic E-state index is -0.255. The molecule has 2 N–H and O–H groups in total. The van der Waals surface area contributed by atoms with Crippen LogP contribution in [0.2, 0.25) is 0 Å². The summed E-state index contributed by atoms with van der Waals surface area (Å²) in [6, 6.07) is 9.19. The molecule has 1 unspecified atom stereocenters. The zero-order valence-corrected chi connectivity index (χ0v) is 15.0. The Kier molecular flexibility index (Phi) is 18.4. The van der Waals surface area contributed by atoms with E-state index in [9.17, 15) is 4.79 Å². The number of halogens is 2. The molecule has 0 aromatic heterocycles. The van der Waals surface area contributed by atoms with Gasteiger partial charge in [0.15, 0.2) is 0 Å². The van der Waals surface area contributed by atoms with Crippen molar-refractivity contribution >= 4 is 29.2 Å². The second-order valence-electron chi connectivity index (χ2n) is 3.73. The van der Waals surface area contributed by atoms with Gasteiger partial charge in [0.25, 0.3) is 0 Å². The summed E-state index contributed by atoms with van der Waals surface area (Å²) in [5.41, 5.74) is 0.992. The molecule has 0 bridgehead atoms. The minimum absolute atomic E-state index is 0.170. The smallest absolute Gasteiger partial charge is 0.315 e. The molecule has 0 fully saturated rings. The van der Waals surface area contributed by atoms with Gasteiger partial charge in [-0.05, 0) is 5.56 Å². The maximum atomic E-state index is 11.5. The van der Waals surface area contributed by atoms with Gasteiger partial charge in [-0.15, -0.1) is 35.5 Å². The van der Waals surface area contributed by atoms with Crippen molar-refractivity contribution in [1.29, 1.82) is 0 Å². The molecule has 1 aromatic rings. The molecule has 0 saturated carbocycles. The lowest BCUT2D eigenvalue weighted by Gasteiger charge is -2.17. The van der Waals surface area contributed by atoms with Crippen LogP contribution in [-0.2, 0) is 0 Å². The number of alkyl halides is 2. The van der Waals surface area contributed by atoms with Crippen LogP contribution < -0.4 is 10.6 Å². The summed E-state index contributed by atoms with van der Waals surface area (Å²) in [5.74, 6) is 3.67. The molecule has 1 rings (SSSR count). The fourth-order valence-corrected chi connectivity index (χ4v) is 1.52. The lowest BCUT2D eigenvalue weighted by Crippen LogP contribution is -2.38. The van der Waals surface area contributed by atoms with E-state index >= 15 is 0 Å². The van der Waals surface area contributed by atoms with Gasteiger partial charge in [-0.25, -0.2) is 4.79 Å². The molecular formula is C17H26Cl2N2O. The van der Waals surface area contributed by atoms with E-state index in [-0.39, 0.29) is 12.1 Å². The average molecular weight is 345 g/mol. The number of urea groups is 1. The molecule has 1 atom stereocenters. The maximum Gasteiger partial charge on any atom is 0.315 e. The molecule has 0 spiro atoms. The predicted octanol–water partition coefficient (Wildman–Crippen LogP) is 4.56. The average Bonchev–Trinajstić information content (AvgIpc) is 2.56. The maximum absolute atomic E-state index is 11.5. The van der Waals surface area contributed by atoms with E-state index in [0.717, 1.165) is 11.4 Å². The number of terminal acetylenes is 1. The first-order valence-electron chi connectivity index (χ1n) is 7.34. The van der Waals surface area contributed by atoms with Gasteiger partial charge in [-0.1, -0.05) is 51.1 Å². The number of carbonyl (C=O) groups excluding carboxylic acids is 1. The standard InChI is InChI=1S/C13H15ClN2O.C2H5Cl.C2H6/c1-2-6-12(11-7-4-3-5-8-11)16-13(17)15-10-9-14;1-2-3;1-2/h1,3-5,7-8,12H,6,9-10H2,(H2,15,16,17);2H2,1H3;1-2H3. The van der Waals surface area contributed by atoms with Crippen LogP contribution in [-0.4, -0.2) is 24.3 Å². The molecule has 124 valence electrons. The van der Waals surface area contributed by atoms with E-state index in [2.05, 4.69) is 16.6 Å². The number of nitrogens with one attached hydrogen (secondary N) is 2. The van der Waals surface area contributed by atoms with Crippen LogP contribution in [0.25, 0.3) is 0 Å². The third kappa shape index (κ3) is 12.4. The summed E-state index contributed by atoms with van der Waals surface area (Å²) < 4.78 is 0. The second kappa shape index (κ2) is 17.7. The lowest BCUT2D eigenvalue weighted by molar-refractivity contribution is 0.238. The molecule has 0 heterocycles. The van der Waals surface area contributed by atoms with Gasteiger partial charge in [-0.3, -0.25) is 0 Å². The molecule has 22 heavy (non-hydrogen) atoms. The van der Waals surface area contributed by atoms with Gasteiger partial charge in [0.1, 0.15) is 0 Å². The van der Waals surface area contributed by atoms with E-state index < -0.39 is 0 Å². The Balaban J connectivity index is 0. The van der Waals surface area contributed by atoms with Crippen molar-refractivity contribution in [2.45, 2.75) is 33.2 Å². The van der Waals surface area contributed by atoms with Crippen molar-refractivity contribution in [1.82, 2.24) is 10.6 Å². The first-order valence-corrected chi connectivity index (χ1v) is 8.41. The van der Waals surface area contributed by atoms with E-state index in [0.29, 0.717) is 18.8 Å². The normalized spacial score (nSPS) is 9.82. The van der Waals surface area contributed by atoms with E-state index in [4.69, 9.17) is 29.6 Å². The molecule has 2 amide bonds. The van der Waals surface area contributed by atoms with Crippen LogP contribution in [0.4, 0.5) is 4.79 Å². The molecule has 5 heteroatoms. The largest absolute Gasteiger partial charge is 0.337 e. The zero-order valence-electron chi connectivity index (χ0n) is 13.5. The van der Waals surface area contributed by atoms with Crippen LogP contribution >= 0.6 is 23.2 Å². The fourth-order valence-electron chi connectivity index (χ4n) is 1.43. The topological polar surface area (TPSA) is 41.1 Å². The SMILES string of the molecule is C#CCC(NC(=O)NCCCl)c1ccccc1.CC.CCCl. The Morgan fingerprint density at radius 3 is 2.27 bits per heavy atom. The molecule has 0 saturated heterocycles. The number of carbonyl (C=O) groups is 1. The minimum Gasteiger partial charge on any atom is -0.337 e. The van der Waals surface area contributed by atoms with Gasteiger partial charge in [0.2, 0.25) is 0 Å². The first-order chi connectivity index (χ1) is 10.7. The Bertz CT molecular complexity index is 405. The summed E-state index contributed by atoms with van der Waals surface area (Å²) in [5, 5.41) is 5.46. The van der Waals surface area contributed by atoms with Crippen molar-refractivity contribution in [2.75, 3.05) is 18.3 Å². The summed E-state index contributed by atoms with van der Waals surface area (Å²) in [6.07, 6.45) is 5.76. The Hall–Kier alpha value is -1.37. The van der Waals surface area contributed by atoms with Crippen LogP contribution in [0.5, 0.6) is 0 Å². The first kappa shape index (κ1) is 22.9. The Labute approximate surface area is 144 Å². The highest BCUT2D eigenvalue weighted by Crippen LogP contribution is 2.15.